The molecule has 1 aromatic carbocycles. The molecule has 0 bridgehead atoms. The first-order valence-electron chi connectivity index (χ1n) is 11.7. The molecule has 3 heterocycles. The molecule has 9 nitrogen and oxygen atoms in total. The van der Waals surface area contributed by atoms with Crippen molar-refractivity contribution >= 4 is 44.7 Å². The molecule has 37 heavy (non-hydrogen) atoms. The number of aromatic nitrogens is 1. The predicted octanol–water partition coefficient (Wildman–Crippen LogP) is 5.87. The molecular weight excluding hydrogens is 501 g/mol. The van der Waals surface area contributed by atoms with Crippen molar-refractivity contribution in [3.05, 3.63) is 63.4 Å². The van der Waals surface area contributed by atoms with Gasteiger partial charge >= 0.3 is 5.97 Å². The van der Waals surface area contributed by atoms with E-state index >= 15 is 0 Å². The van der Waals surface area contributed by atoms with Gasteiger partial charge in [0.05, 0.1) is 27.6 Å². The fourth-order valence-corrected chi connectivity index (χ4v) is 4.97. The van der Waals surface area contributed by atoms with Gasteiger partial charge in [-0.3, -0.25) is 24.7 Å². The van der Waals surface area contributed by atoms with Gasteiger partial charge < -0.3 is 14.4 Å². The van der Waals surface area contributed by atoms with Crippen LogP contribution < -0.4 is 4.74 Å². The Hall–Kier alpha value is -3.86. The second kappa shape index (κ2) is 10.6. The fraction of sp³-hybridized carbons (Fsp3) is 0.346. The minimum atomic E-state index is -0.831. The third kappa shape index (κ3) is 6.48. The van der Waals surface area contributed by atoms with Crippen LogP contribution in [-0.2, 0) is 14.3 Å². The third-order valence-corrected chi connectivity index (χ3v) is 6.78. The zero-order valence-corrected chi connectivity index (χ0v) is 21.5. The van der Waals surface area contributed by atoms with Gasteiger partial charge in [0.1, 0.15) is 11.4 Å². The van der Waals surface area contributed by atoms with E-state index in [0.717, 1.165) is 16.5 Å². The molecule has 1 amide bonds. The molecule has 0 unspecified atom stereocenters. The number of non-ortho nitro benzene ring substituents is 1. The quantitative estimate of drug-likeness (QED) is 0.214. The van der Waals surface area contributed by atoms with Crippen LogP contribution in [0.4, 0.5) is 10.1 Å². The maximum Gasteiger partial charge on any atom is 0.306 e. The molecule has 4 rings (SSSR count). The van der Waals surface area contributed by atoms with Crippen LogP contribution in [0.3, 0.4) is 0 Å². The Balaban J connectivity index is 1.44. The van der Waals surface area contributed by atoms with Crippen LogP contribution in [0.15, 0.2) is 42.6 Å². The van der Waals surface area contributed by atoms with Crippen molar-refractivity contribution in [2.24, 2.45) is 0 Å². The van der Waals surface area contributed by atoms with E-state index in [0.29, 0.717) is 35.5 Å². The molecule has 0 N–H and O–H groups in total. The molecule has 2 aromatic heterocycles. The monoisotopic (exact) mass is 527 g/mol. The first-order chi connectivity index (χ1) is 17.5. The lowest BCUT2D eigenvalue weighted by Gasteiger charge is -2.26. The van der Waals surface area contributed by atoms with Crippen LogP contribution in [-0.4, -0.2) is 45.4 Å². The molecule has 3 aromatic rings. The van der Waals surface area contributed by atoms with Gasteiger partial charge in [0.2, 0.25) is 5.91 Å². The molecule has 0 spiro atoms. The van der Waals surface area contributed by atoms with E-state index in [1.165, 1.54) is 23.5 Å². The summed E-state index contributed by atoms with van der Waals surface area (Å²) in [6, 6.07) is 6.77. The number of fused-ring (bicyclic) bond motifs is 1. The highest BCUT2D eigenvalue weighted by Crippen LogP contribution is 2.39. The number of esters is 1. The summed E-state index contributed by atoms with van der Waals surface area (Å²) in [7, 11) is 0. The molecule has 0 fully saturated rings. The number of nitrogens with zero attached hydrogens (tertiary/aromatic N) is 3. The Bertz CT molecular complexity index is 1390. The molecule has 0 aliphatic carbocycles. The fourth-order valence-electron chi connectivity index (χ4n) is 3.84. The predicted molar refractivity (Wildman–Crippen MR) is 137 cm³/mol. The SMILES string of the molecule is CC(C)(C)OC(=O)CCC(=O)N1CC=C(c2cc3nccc(Oc4ccc([N+](=O)[O-])cc4F)c3s2)CC1. The Labute approximate surface area is 216 Å². The average Bonchev–Trinajstić information content (AvgIpc) is 3.28. The molecule has 1 aliphatic rings. The molecular formula is C26H26FN3O6S. The summed E-state index contributed by atoms with van der Waals surface area (Å²) in [4.78, 5) is 41.7. The lowest BCUT2D eigenvalue weighted by molar-refractivity contribution is -0.385. The minimum Gasteiger partial charge on any atom is -0.460 e. The van der Waals surface area contributed by atoms with Crippen LogP contribution in [0.25, 0.3) is 15.8 Å². The number of halogens is 1. The summed E-state index contributed by atoms with van der Waals surface area (Å²) in [5, 5.41) is 10.9. The van der Waals surface area contributed by atoms with Crippen molar-refractivity contribution < 1.29 is 28.4 Å². The largest absolute Gasteiger partial charge is 0.460 e. The number of benzene rings is 1. The van der Waals surface area contributed by atoms with Crippen LogP contribution in [0.5, 0.6) is 11.5 Å². The van der Waals surface area contributed by atoms with E-state index in [1.807, 2.05) is 12.1 Å². The first kappa shape index (κ1) is 26.2. The van der Waals surface area contributed by atoms with Crippen LogP contribution in [0.2, 0.25) is 0 Å². The highest BCUT2D eigenvalue weighted by atomic mass is 32.1. The van der Waals surface area contributed by atoms with E-state index in [4.69, 9.17) is 9.47 Å². The van der Waals surface area contributed by atoms with Crippen molar-refractivity contribution in [3.8, 4) is 11.5 Å². The summed E-state index contributed by atoms with van der Waals surface area (Å²) in [6.45, 7) is 6.32. The summed E-state index contributed by atoms with van der Waals surface area (Å²) in [5.74, 6) is -1.05. The standard InChI is InChI=1S/C26H26FN3O6S/c1-26(2,3)36-24(32)7-6-23(31)29-12-9-16(10-13-29)22-15-19-25(37-22)21(8-11-28-19)35-20-5-4-17(30(33)34)14-18(20)27/h4-5,8-9,11,14-15H,6-7,10,12-13H2,1-3H3. The normalized spacial score (nSPS) is 13.8. The van der Waals surface area contributed by atoms with Crippen molar-refractivity contribution in [2.75, 3.05) is 13.1 Å². The number of thiophene rings is 1. The van der Waals surface area contributed by atoms with Gasteiger partial charge in [0.25, 0.3) is 5.69 Å². The van der Waals surface area contributed by atoms with Gasteiger partial charge in [0, 0.05) is 42.7 Å². The van der Waals surface area contributed by atoms with Gasteiger partial charge in [-0.2, -0.15) is 0 Å². The Kier molecular flexibility index (Phi) is 7.53. The summed E-state index contributed by atoms with van der Waals surface area (Å²) >= 11 is 1.44. The van der Waals surface area contributed by atoms with Crippen molar-refractivity contribution in [3.63, 3.8) is 0 Å². The first-order valence-corrected chi connectivity index (χ1v) is 12.5. The molecule has 0 saturated carbocycles. The average molecular weight is 528 g/mol. The second-order valence-electron chi connectivity index (χ2n) is 9.51. The number of hydrogen-bond donors (Lipinski definition) is 0. The van der Waals surface area contributed by atoms with E-state index in [-0.39, 0.29) is 30.2 Å². The second-order valence-corrected chi connectivity index (χ2v) is 10.6. The van der Waals surface area contributed by atoms with Crippen molar-refractivity contribution in [1.29, 1.82) is 0 Å². The highest BCUT2D eigenvalue weighted by molar-refractivity contribution is 7.20. The molecule has 0 atom stereocenters. The van der Waals surface area contributed by atoms with Crippen molar-refractivity contribution in [1.82, 2.24) is 9.88 Å². The van der Waals surface area contributed by atoms with E-state index in [2.05, 4.69) is 4.98 Å². The maximum atomic E-state index is 14.4. The molecule has 11 heteroatoms. The maximum absolute atomic E-state index is 14.4. The molecule has 0 saturated heterocycles. The van der Waals surface area contributed by atoms with Gasteiger partial charge in [0.15, 0.2) is 11.6 Å². The number of pyridine rings is 1. The number of nitro groups is 1. The molecule has 0 radical (unpaired) electrons. The van der Waals surface area contributed by atoms with Gasteiger partial charge in [-0.15, -0.1) is 11.3 Å². The van der Waals surface area contributed by atoms with Gasteiger partial charge in [-0.05, 0) is 44.9 Å². The van der Waals surface area contributed by atoms with Gasteiger partial charge in [-0.1, -0.05) is 6.08 Å². The van der Waals surface area contributed by atoms with Crippen LogP contribution in [0.1, 0.15) is 44.9 Å². The number of ether oxygens (including phenoxy) is 2. The topological polar surface area (TPSA) is 112 Å². The summed E-state index contributed by atoms with van der Waals surface area (Å²) in [6.07, 6.45) is 4.32. The Morgan fingerprint density at radius 3 is 2.62 bits per heavy atom. The van der Waals surface area contributed by atoms with Crippen LogP contribution in [0, 0.1) is 15.9 Å². The molecule has 1 aliphatic heterocycles. The number of hydrogen-bond acceptors (Lipinski definition) is 8. The number of nitro benzene ring substituents is 1. The minimum absolute atomic E-state index is 0.0449. The van der Waals surface area contributed by atoms with E-state index < -0.39 is 22.3 Å². The van der Waals surface area contributed by atoms with E-state index in [9.17, 15) is 24.1 Å². The number of carbonyl (C=O) groups is 2. The summed E-state index contributed by atoms with van der Waals surface area (Å²) in [5.41, 5.74) is 0.802. The Morgan fingerprint density at radius 2 is 1.97 bits per heavy atom. The number of carbonyl (C=O) groups excluding carboxylic acids is 2. The number of amides is 1. The zero-order chi connectivity index (χ0) is 26.7. The smallest absolute Gasteiger partial charge is 0.306 e. The Morgan fingerprint density at radius 1 is 1.19 bits per heavy atom. The summed E-state index contributed by atoms with van der Waals surface area (Å²) < 4.78 is 26.1. The third-order valence-electron chi connectivity index (χ3n) is 5.56. The van der Waals surface area contributed by atoms with E-state index in [1.54, 1.807) is 37.9 Å². The molecule has 194 valence electrons. The van der Waals surface area contributed by atoms with Gasteiger partial charge in [-0.25, -0.2) is 4.39 Å². The number of rotatable bonds is 7. The highest BCUT2D eigenvalue weighted by Gasteiger charge is 2.22. The lowest BCUT2D eigenvalue weighted by atomic mass is 10.1. The zero-order valence-electron chi connectivity index (χ0n) is 20.7. The lowest BCUT2D eigenvalue weighted by Crippen LogP contribution is -2.35. The van der Waals surface area contributed by atoms with Crippen molar-refractivity contribution in [2.45, 2.75) is 45.6 Å². The van der Waals surface area contributed by atoms with Crippen LogP contribution >= 0.6 is 11.3 Å².